The Balaban J connectivity index is 3.02. The smallest absolute Gasteiger partial charge is 0.312 e. The largest absolute Gasteiger partial charge is 0.383 e. The lowest BCUT2D eigenvalue weighted by Gasteiger charge is -2.22. The van der Waals surface area contributed by atoms with Crippen LogP contribution < -0.4 is 4.90 Å². The van der Waals surface area contributed by atoms with E-state index in [2.05, 4.69) is 20.9 Å². The second-order valence-corrected chi connectivity index (χ2v) is 4.64. The summed E-state index contributed by atoms with van der Waals surface area (Å²) in [5, 5.41) is 11.1. The quantitative estimate of drug-likeness (QED) is 0.533. The van der Waals surface area contributed by atoms with Crippen LogP contribution in [-0.4, -0.2) is 50.4 Å². The molecule has 0 saturated heterocycles. The number of methoxy groups -OCH3 is 2. The van der Waals surface area contributed by atoms with Crippen LogP contribution >= 0.6 is 15.9 Å². The van der Waals surface area contributed by atoms with Gasteiger partial charge in [0.1, 0.15) is 0 Å². The van der Waals surface area contributed by atoms with Crippen molar-refractivity contribution in [3.05, 3.63) is 26.9 Å². The molecular weight excluding hydrogens is 318 g/mol. The summed E-state index contributed by atoms with van der Waals surface area (Å²) in [4.78, 5) is 16.5. The van der Waals surface area contributed by atoms with Gasteiger partial charge in [-0.15, -0.1) is 0 Å². The minimum Gasteiger partial charge on any atom is -0.383 e. The zero-order valence-corrected chi connectivity index (χ0v) is 12.4. The van der Waals surface area contributed by atoms with E-state index in [-0.39, 0.29) is 5.69 Å². The van der Waals surface area contributed by atoms with E-state index in [9.17, 15) is 10.1 Å². The van der Waals surface area contributed by atoms with E-state index in [1.807, 2.05) is 0 Å². The van der Waals surface area contributed by atoms with Crippen LogP contribution in [-0.2, 0) is 9.47 Å². The Labute approximate surface area is 119 Å². The monoisotopic (exact) mass is 333 g/mol. The van der Waals surface area contributed by atoms with Crippen molar-refractivity contribution in [2.45, 2.75) is 0 Å². The number of aromatic nitrogens is 1. The number of hydrogen-bond acceptors (Lipinski definition) is 6. The molecule has 0 saturated carbocycles. The van der Waals surface area contributed by atoms with Crippen LogP contribution in [0.25, 0.3) is 0 Å². The van der Waals surface area contributed by atoms with E-state index in [0.29, 0.717) is 36.6 Å². The first-order valence-corrected chi connectivity index (χ1v) is 6.42. The molecule has 1 rings (SSSR count). The fraction of sp³-hybridized carbons (Fsp3) is 0.545. The first-order chi connectivity index (χ1) is 9.10. The Morgan fingerprint density at radius 2 is 1.95 bits per heavy atom. The molecule has 0 spiro atoms. The van der Waals surface area contributed by atoms with Crippen molar-refractivity contribution in [1.82, 2.24) is 4.98 Å². The van der Waals surface area contributed by atoms with Crippen molar-refractivity contribution in [2.75, 3.05) is 45.4 Å². The van der Waals surface area contributed by atoms with E-state index in [1.165, 1.54) is 12.3 Å². The lowest BCUT2D eigenvalue weighted by Crippen LogP contribution is -2.31. The number of nitrogens with zero attached hydrogens (tertiary/aromatic N) is 3. The summed E-state index contributed by atoms with van der Waals surface area (Å²) in [7, 11) is 3.16. The van der Waals surface area contributed by atoms with E-state index in [0.717, 1.165) is 0 Å². The van der Waals surface area contributed by atoms with Crippen molar-refractivity contribution in [1.29, 1.82) is 0 Å². The Kier molecular flexibility index (Phi) is 6.68. The van der Waals surface area contributed by atoms with Gasteiger partial charge in [0, 0.05) is 44.0 Å². The summed E-state index contributed by atoms with van der Waals surface area (Å²) in [5.74, 6) is 0.322. The van der Waals surface area contributed by atoms with E-state index >= 15 is 0 Å². The fourth-order valence-corrected chi connectivity index (χ4v) is 1.85. The highest BCUT2D eigenvalue weighted by molar-refractivity contribution is 9.10. The van der Waals surface area contributed by atoms with E-state index in [4.69, 9.17) is 9.47 Å². The molecule has 0 aliphatic carbocycles. The summed E-state index contributed by atoms with van der Waals surface area (Å²) in [6.45, 7) is 1.93. The molecule has 0 fully saturated rings. The molecule has 0 aliphatic rings. The van der Waals surface area contributed by atoms with Gasteiger partial charge in [-0.25, -0.2) is 4.98 Å². The number of ether oxygens (including phenoxy) is 2. The lowest BCUT2D eigenvalue weighted by molar-refractivity contribution is -0.384. The molecule has 106 valence electrons. The maximum atomic E-state index is 11.1. The van der Waals surface area contributed by atoms with Gasteiger partial charge in [-0.3, -0.25) is 10.1 Å². The molecule has 0 amide bonds. The van der Waals surface area contributed by atoms with Crippen molar-refractivity contribution in [3.63, 3.8) is 0 Å². The summed E-state index contributed by atoms with van der Waals surface area (Å²) in [5.41, 5.74) is -0.0402. The minimum absolute atomic E-state index is 0.0402. The van der Waals surface area contributed by atoms with Crippen LogP contribution in [0.2, 0.25) is 0 Å². The number of rotatable bonds is 8. The van der Waals surface area contributed by atoms with Gasteiger partial charge < -0.3 is 14.4 Å². The molecule has 0 atom stereocenters. The number of hydrogen-bond donors (Lipinski definition) is 0. The SMILES string of the molecule is COCCN(CCOC)c1ncc(Br)cc1[N+](=O)[O-]. The lowest BCUT2D eigenvalue weighted by atomic mass is 10.3. The molecule has 1 aromatic rings. The number of nitro groups is 1. The molecule has 0 bridgehead atoms. The standard InChI is InChI=1S/C11H16BrN3O4/c1-18-5-3-14(4-6-19-2)11-10(15(16)17)7-9(12)8-13-11/h7-8H,3-6H2,1-2H3. The normalized spacial score (nSPS) is 10.5. The number of pyridine rings is 1. The summed E-state index contributed by atoms with van der Waals surface area (Å²) in [6.07, 6.45) is 1.54. The molecule has 1 aromatic heterocycles. The highest BCUT2D eigenvalue weighted by atomic mass is 79.9. The van der Waals surface area contributed by atoms with E-state index in [1.54, 1.807) is 19.1 Å². The Morgan fingerprint density at radius 3 is 2.42 bits per heavy atom. The molecule has 0 aromatic carbocycles. The molecule has 0 radical (unpaired) electrons. The topological polar surface area (TPSA) is 77.7 Å². The van der Waals surface area contributed by atoms with Crippen molar-refractivity contribution >= 4 is 27.4 Å². The second-order valence-electron chi connectivity index (χ2n) is 3.73. The van der Waals surface area contributed by atoms with Crippen LogP contribution in [0, 0.1) is 10.1 Å². The summed E-state index contributed by atoms with van der Waals surface area (Å²) >= 11 is 3.18. The first-order valence-electron chi connectivity index (χ1n) is 5.63. The summed E-state index contributed by atoms with van der Waals surface area (Å²) < 4.78 is 10.6. The first kappa shape index (κ1) is 15.8. The third-order valence-electron chi connectivity index (χ3n) is 2.44. The molecule has 0 N–H and O–H groups in total. The van der Waals surface area contributed by atoms with Gasteiger partial charge in [0.25, 0.3) is 0 Å². The average Bonchev–Trinajstić information content (AvgIpc) is 2.39. The maximum absolute atomic E-state index is 11.1. The molecule has 7 nitrogen and oxygen atoms in total. The average molecular weight is 334 g/mol. The molecule has 19 heavy (non-hydrogen) atoms. The van der Waals surface area contributed by atoms with Crippen LogP contribution in [0.15, 0.2) is 16.7 Å². The fourth-order valence-electron chi connectivity index (χ4n) is 1.53. The van der Waals surface area contributed by atoms with E-state index < -0.39 is 4.92 Å². The van der Waals surface area contributed by atoms with Gasteiger partial charge in [-0.2, -0.15) is 0 Å². The Hall–Kier alpha value is -1.25. The van der Waals surface area contributed by atoms with Crippen LogP contribution in [0.1, 0.15) is 0 Å². The Morgan fingerprint density at radius 1 is 1.37 bits per heavy atom. The minimum atomic E-state index is -0.445. The van der Waals surface area contributed by atoms with Crippen LogP contribution in [0.4, 0.5) is 11.5 Å². The number of halogens is 1. The maximum Gasteiger partial charge on any atom is 0.312 e. The second kappa shape index (κ2) is 8.03. The van der Waals surface area contributed by atoms with Crippen molar-refractivity contribution < 1.29 is 14.4 Å². The molecule has 1 heterocycles. The molecule has 0 unspecified atom stereocenters. The zero-order chi connectivity index (χ0) is 14.3. The zero-order valence-electron chi connectivity index (χ0n) is 10.8. The van der Waals surface area contributed by atoms with Gasteiger partial charge >= 0.3 is 5.69 Å². The van der Waals surface area contributed by atoms with Crippen molar-refractivity contribution in [2.24, 2.45) is 0 Å². The Bertz CT molecular complexity index is 422. The predicted octanol–water partition coefficient (Wildman–Crippen LogP) is 1.85. The highest BCUT2D eigenvalue weighted by Crippen LogP contribution is 2.28. The highest BCUT2D eigenvalue weighted by Gasteiger charge is 2.21. The van der Waals surface area contributed by atoms with Gasteiger partial charge in [0.2, 0.25) is 5.82 Å². The molecule has 0 aliphatic heterocycles. The van der Waals surface area contributed by atoms with Gasteiger partial charge in [0.05, 0.1) is 18.1 Å². The predicted molar refractivity (Wildman–Crippen MR) is 74.6 cm³/mol. The van der Waals surface area contributed by atoms with Crippen molar-refractivity contribution in [3.8, 4) is 0 Å². The van der Waals surface area contributed by atoms with Crippen LogP contribution in [0.5, 0.6) is 0 Å². The molecular formula is C11H16BrN3O4. The third-order valence-corrected chi connectivity index (χ3v) is 2.87. The molecule has 8 heteroatoms. The van der Waals surface area contributed by atoms with Crippen LogP contribution in [0.3, 0.4) is 0 Å². The van der Waals surface area contributed by atoms with Gasteiger partial charge in [-0.1, -0.05) is 0 Å². The summed E-state index contributed by atoms with van der Waals surface area (Å²) in [6, 6.07) is 1.44. The van der Waals surface area contributed by atoms with Gasteiger partial charge in [0.15, 0.2) is 0 Å². The third kappa shape index (κ3) is 4.73. The number of anilines is 1. The van der Waals surface area contributed by atoms with Gasteiger partial charge in [-0.05, 0) is 15.9 Å².